The van der Waals surface area contributed by atoms with Crippen molar-refractivity contribution in [1.29, 1.82) is 0 Å². The van der Waals surface area contributed by atoms with Gasteiger partial charge in [-0.15, -0.1) is 0 Å². The summed E-state index contributed by atoms with van der Waals surface area (Å²) in [5.74, 6) is 3.10. The maximum Gasteiger partial charge on any atom is 0.416 e. The number of carbonyl (C=O) groups excluding carboxylic acids is 1. The van der Waals surface area contributed by atoms with Gasteiger partial charge in [0.05, 0.1) is 16.3 Å². The molecule has 8 heteroatoms. The Kier molecular flexibility index (Phi) is 4.94. The summed E-state index contributed by atoms with van der Waals surface area (Å²) in [6.45, 7) is 3.20. The van der Waals surface area contributed by atoms with Crippen LogP contribution in [0.4, 0.5) is 18.9 Å². The minimum atomic E-state index is -4.49. The Morgan fingerprint density at radius 2 is 1.96 bits per heavy atom. The van der Waals surface area contributed by atoms with Crippen LogP contribution in [0, 0.1) is 12.0 Å². The summed E-state index contributed by atoms with van der Waals surface area (Å²) in [4.78, 5) is 13.5. The first kappa shape index (κ1) is 18.9. The van der Waals surface area contributed by atoms with Crippen LogP contribution in [-0.2, 0) is 11.0 Å². The summed E-state index contributed by atoms with van der Waals surface area (Å²) in [6.07, 6.45) is -5.22. The second kappa shape index (κ2) is 7.05. The summed E-state index contributed by atoms with van der Waals surface area (Å²) >= 11 is 5.91. The van der Waals surface area contributed by atoms with Crippen molar-refractivity contribution in [2.24, 2.45) is 0 Å². The molecule has 3 rings (SSSR count). The highest BCUT2D eigenvalue weighted by Crippen LogP contribution is 2.40. The highest BCUT2D eigenvalue weighted by molar-refractivity contribution is 6.32. The van der Waals surface area contributed by atoms with Crippen LogP contribution in [0.1, 0.15) is 19.4 Å². The molecule has 0 radical (unpaired) electrons. The fourth-order valence-electron chi connectivity index (χ4n) is 2.49. The molecule has 2 aromatic carbocycles. The van der Waals surface area contributed by atoms with Crippen molar-refractivity contribution in [3.05, 3.63) is 47.0 Å². The second-order valence-electron chi connectivity index (χ2n) is 5.67. The van der Waals surface area contributed by atoms with Crippen LogP contribution < -0.4 is 14.4 Å². The third kappa shape index (κ3) is 3.81. The van der Waals surface area contributed by atoms with Gasteiger partial charge in [0, 0.05) is 12.1 Å². The van der Waals surface area contributed by atoms with Crippen LogP contribution in [-0.4, -0.2) is 12.0 Å². The third-order valence-corrected chi connectivity index (χ3v) is 4.05. The van der Waals surface area contributed by atoms with E-state index in [0.29, 0.717) is 17.2 Å². The molecule has 4 nitrogen and oxygen atoms in total. The van der Waals surface area contributed by atoms with Crippen LogP contribution in [0.25, 0.3) is 0 Å². The first-order chi connectivity index (χ1) is 12.7. The van der Waals surface area contributed by atoms with Crippen LogP contribution in [0.15, 0.2) is 36.4 Å². The lowest BCUT2D eigenvalue weighted by Crippen LogP contribution is -2.41. The molecule has 0 aliphatic carbocycles. The molecule has 0 saturated carbocycles. The molecular weight excluding hydrogens is 383 g/mol. The molecule has 0 N–H and O–H groups in total. The average molecular weight is 396 g/mol. The quantitative estimate of drug-likeness (QED) is 0.652. The topological polar surface area (TPSA) is 38.8 Å². The van der Waals surface area contributed by atoms with Crippen molar-refractivity contribution in [3.63, 3.8) is 0 Å². The number of fused-ring (bicyclic) bond motifs is 1. The number of rotatable bonds is 2. The van der Waals surface area contributed by atoms with Gasteiger partial charge in [0.2, 0.25) is 0 Å². The third-order valence-electron chi connectivity index (χ3n) is 3.75. The number of carbonyl (C=O) groups is 1. The van der Waals surface area contributed by atoms with Gasteiger partial charge in [-0.1, -0.05) is 17.5 Å². The fraction of sp³-hybridized carbons (Fsp3) is 0.211. The summed E-state index contributed by atoms with van der Waals surface area (Å²) < 4.78 is 49.3. The van der Waals surface area contributed by atoms with Crippen LogP contribution in [0.3, 0.4) is 0 Å². The van der Waals surface area contributed by atoms with E-state index in [-0.39, 0.29) is 16.7 Å². The standard InChI is InChI=1S/C19H13ClF3NO3/c1-3-8-24-15-6-5-13(10-17(15)26-11(2)18(24)25)27-16-7-4-12(9-14(16)20)19(21,22)23/h4-7,9-11H,1-2H3. The van der Waals surface area contributed by atoms with Gasteiger partial charge < -0.3 is 9.47 Å². The van der Waals surface area contributed by atoms with E-state index in [4.69, 9.17) is 21.1 Å². The van der Waals surface area contributed by atoms with Crippen LogP contribution in [0.5, 0.6) is 17.2 Å². The Labute approximate surface area is 158 Å². The molecule has 0 bridgehead atoms. The van der Waals surface area contributed by atoms with E-state index in [9.17, 15) is 18.0 Å². The predicted octanol–water partition coefficient (Wildman–Crippen LogP) is 5.25. The molecule has 1 unspecified atom stereocenters. The monoisotopic (exact) mass is 395 g/mol. The highest BCUT2D eigenvalue weighted by atomic mass is 35.5. The molecule has 1 heterocycles. The predicted molar refractivity (Wildman–Crippen MR) is 94.0 cm³/mol. The van der Waals surface area contributed by atoms with Gasteiger partial charge in [-0.25, -0.2) is 4.90 Å². The van der Waals surface area contributed by atoms with Gasteiger partial charge in [-0.3, -0.25) is 4.79 Å². The second-order valence-corrected chi connectivity index (χ2v) is 6.08. The van der Waals surface area contributed by atoms with Crippen molar-refractivity contribution < 1.29 is 27.4 Å². The zero-order chi connectivity index (χ0) is 19.8. The molecule has 0 spiro atoms. The van der Waals surface area contributed by atoms with E-state index in [0.717, 1.165) is 18.2 Å². The Morgan fingerprint density at radius 1 is 1.22 bits per heavy atom. The lowest BCUT2D eigenvalue weighted by molar-refractivity contribution is -0.137. The Bertz CT molecular complexity index is 963. The number of amides is 1. The van der Waals surface area contributed by atoms with Crippen molar-refractivity contribution in [2.45, 2.75) is 26.1 Å². The SMILES string of the molecule is CC#CN1C(=O)C(C)Oc2cc(Oc3ccc(C(F)(F)F)cc3Cl)ccc21. The molecule has 0 aromatic heterocycles. The molecule has 1 atom stereocenters. The van der Waals surface area contributed by atoms with E-state index >= 15 is 0 Å². The molecule has 2 aromatic rings. The Morgan fingerprint density at radius 3 is 2.59 bits per heavy atom. The molecule has 0 saturated heterocycles. The van der Waals surface area contributed by atoms with Crippen LogP contribution in [0.2, 0.25) is 5.02 Å². The fourth-order valence-corrected chi connectivity index (χ4v) is 2.71. The summed E-state index contributed by atoms with van der Waals surface area (Å²) in [7, 11) is 0. The highest BCUT2D eigenvalue weighted by Gasteiger charge is 2.32. The zero-order valence-electron chi connectivity index (χ0n) is 14.2. The molecule has 0 fully saturated rings. The summed E-state index contributed by atoms with van der Waals surface area (Å²) in [5.41, 5.74) is -0.409. The largest absolute Gasteiger partial charge is 0.478 e. The zero-order valence-corrected chi connectivity index (χ0v) is 15.0. The first-order valence-electron chi connectivity index (χ1n) is 7.82. The summed E-state index contributed by atoms with van der Waals surface area (Å²) in [6, 6.07) is 10.2. The van der Waals surface area contributed by atoms with Crippen molar-refractivity contribution in [3.8, 4) is 29.2 Å². The average Bonchev–Trinajstić information content (AvgIpc) is 2.59. The number of anilines is 1. The number of nitrogens with zero attached hydrogens (tertiary/aromatic N) is 1. The first-order valence-corrected chi connectivity index (χ1v) is 8.20. The molecule has 1 aliphatic heterocycles. The molecule has 27 heavy (non-hydrogen) atoms. The van der Waals surface area contributed by atoms with E-state index in [2.05, 4.69) is 12.0 Å². The van der Waals surface area contributed by atoms with Gasteiger partial charge in [0.25, 0.3) is 5.91 Å². The van der Waals surface area contributed by atoms with E-state index in [1.807, 2.05) is 0 Å². The summed E-state index contributed by atoms with van der Waals surface area (Å²) in [5, 5.41) is -0.175. The smallest absolute Gasteiger partial charge is 0.416 e. The molecule has 140 valence electrons. The number of hydrogen-bond donors (Lipinski definition) is 0. The van der Waals surface area contributed by atoms with Crippen molar-refractivity contribution >= 4 is 23.2 Å². The lowest BCUT2D eigenvalue weighted by atomic mass is 10.2. The molecule has 1 amide bonds. The van der Waals surface area contributed by atoms with E-state index in [1.54, 1.807) is 26.0 Å². The number of benzene rings is 2. The van der Waals surface area contributed by atoms with Gasteiger partial charge in [-0.2, -0.15) is 13.2 Å². The van der Waals surface area contributed by atoms with Gasteiger partial charge in [0.1, 0.15) is 17.2 Å². The number of hydrogen-bond acceptors (Lipinski definition) is 3. The van der Waals surface area contributed by atoms with E-state index < -0.39 is 17.8 Å². The van der Waals surface area contributed by atoms with E-state index in [1.165, 1.54) is 11.0 Å². The lowest BCUT2D eigenvalue weighted by Gasteiger charge is -2.29. The molecule has 1 aliphatic rings. The minimum Gasteiger partial charge on any atom is -0.478 e. The normalized spacial score (nSPS) is 16.1. The van der Waals surface area contributed by atoms with Gasteiger partial charge in [0.15, 0.2) is 6.10 Å². The van der Waals surface area contributed by atoms with Crippen LogP contribution >= 0.6 is 11.6 Å². The maximum atomic E-state index is 12.7. The van der Waals surface area contributed by atoms with Crippen molar-refractivity contribution in [1.82, 2.24) is 0 Å². The number of alkyl halides is 3. The van der Waals surface area contributed by atoms with Crippen molar-refractivity contribution in [2.75, 3.05) is 4.90 Å². The Hall–Kier alpha value is -2.85. The number of halogens is 4. The molecular formula is C19H13ClF3NO3. The Balaban J connectivity index is 1.91. The minimum absolute atomic E-state index is 0.0646. The van der Waals surface area contributed by atoms with Gasteiger partial charge >= 0.3 is 6.18 Å². The maximum absolute atomic E-state index is 12.7. The van der Waals surface area contributed by atoms with Gasteiger partial charge in [-0.05, 0) is 44.2 Å². The number of ether oxygens (including phenoxy) is 2.